The van der Waals surface area contributed by atoms with E-state index >= 15 is 0 Å². The molecule has 0 amide bonds. The molecule has 0 spiro atoms. The van der Waals surface area contributed by atoms with E-state index in [1.165, 1.54) is 15.3 Å². The minimum Gasteiger partial charge on any atom is -0.378 e. The fourth-order valence-corrected chi connectivity index (χ4v) is 3.96. The summed E-state index contributed by atoms with van der Waals surface area (Å²) in [6.07, 6.45) is 1.85. The Balaban J connectivity index is 1.53. The molecule has 0 aliphatic heterocycles. The monoisotopic (exact) mass is 311 g/mol. The number of benzene rings is 1. The van der Waals surface area contributed by atoms with Crippen LogP contribution in [-0.4, -0.2) is 10.2 Å². The van der Waals surface area contributed by atoms with Crippen LogP contribution >= 0.6 is 22.7 Å². The summed E-state index contributed by atoms with van der Waals surface area (Å²) in [4.78, 5) is 2.66. The summed E-state index contributed by atoms with van der Waals surface area (Å²) < 4.78 is 0. The predicted octanol–water partition coefficient (Wildman–Crippen LogP) is 4.97. The van der Waals surface area contributed by atoms with Crippen LogP contribution in [-0.2, 0) is 6.54 Å². The first-order chi connectivity index (χ1) is 10.4. The highest BCUT2D eigenvalue weighted by molar-refractivity contribution is 7.14. The molecule has 3 heterocycles. The van der Waals surface area contributed by atoms with Gasteiger partial charge in [0.05, 0.1) is 17.4 Å². The van der Waals surface area contributed by atoms with E-state index in [4.69, 9.17) is 0 Å². The summed E-state index contributed by atoms with van der Waals surface area (Å²) in [6.45, 7) is 0.828. The van der Waals surface area contributed by atoms with Crippen LogP contribution in [0.5, 0.6) is 0 Å². The van der Waals surface area contributed by atoms with E-state index in [9.17, 15) is 0 Å². The molecule has 104 valence electrons. The molecule has 0 atom stereocenters. The quantitative estimate of drug-likeness (QED) is 0.559. The lowest BCUT2D eigenvalue weighted by atomic mass is 10.2. The largest absolute Gasteiger partial charge is 0.378 e. The maximum absolute atomic E-state index is 4.09. The Hall–Kier alpha value is -2.11. The highest BCUT2D eigenvalue weighted by Gasteiger charge is 2.05. The minimum atomic E-state index is 0.828. The maximum atomic E-state index is 4.09. The topological polar surface area (TPSA) is 40.7 Å². The highest BCUT2D eigenvalue weighted by Crippen LogP contribution is 2.30. The Morgan fingerprint density at radius 2 is 2.14 bits per heavy atom. The molecule has 21 heavy (non-hydrogen) atoms. The zero-order chi connectivity index (χ0) is 14.1. The lowest BCUT2D eigenvalue weighted by Gasteiger charge is -2.05. The molecule has 0 fully saturated rings. The number of aromatic nitrogens is 2. The van der Waals surface area contributed by atoms with Crippen molar-refractivity contribution >= 4 is 39.3 Å². The van der Waals surface area contributed by atoms with Gasteiger partial charge in [-0.3, -0.25) is 5.10 Å². The highest BCUT2D eigenvalue weighted by atomic mass is 32.1. The normalized spacial score (nSPS) is 11.0. The lowest BCUT2D eigenvalue weighted by molar-refractivity contribution is 1.11. The van der Waals surface area contributed by atoms with Gasteiger partial charge in [-0.1, -0.05) is 18.2 Å². The Morgan fingerprint density at radius 1 is 1.14 bits per heavy atom. The fraction of sp³-hybridized carbons (Fsp3) is 0.0625. The maximum Gasteiger partial charge on any atom is 0.0881 e. The van der Waals surface area contributed by atoms with Gasteiger partial charge in [-0.2, -0.15) is 5.10 Å². The molecule has 0 aliphatic rings. The molecular weight excluding hydrogens is 298 g/mol. The summed E-state index contributed by atoms with van der Waals surface area (Å²) in [5.74, 6) is 0. The number of hydrogen-bond donors (Lipinski definition) is 2. The number of aromatic amines is 1. The smallest absolute Gasteiger partial charge is 0.0881 e. The molecule has 3 aromatic heterocycles. The molecule has 1 aromatic carbocycles. The van der Waals surface area contributed by atoms with Crippen LogP contribution in [0.4, 0.5) is 5.69 Å². The van der Waals surface area contributed by atoms with Gasteiger partial charge in [0.25, 0.3) is 0 Å². The Morgan fingerprint density at radius 3 is 3.05 bits per heavy atom. The molecule has 4 rings (SSSR count). The van der Waals surface area contributed by atoms with Gasteiger partial charge in [0.1, 0.15) is 0 Å². The van der Waals surface area contributed by atoms with Crippen LogP contribution in [0.15, 0.2) is 53.4 Å². The summed E-state index contributed by atoms with van der Waals surface area (Å²) in [7, 11) is 0. The first kappa shape index (κ1) is 12.6. The zero-order valence-corrected chi connectivity index (χ0v) is 12.8. The number of rotatable bonds is 4. The van der Waals surface area contributed by atoms with E-state index in [2.05, 4.69) is 56.6 Å². The van der Waals surface area contributed by atoms with E-state index in [-0.39, 0.29) is 0 Å². The first-order valence-corrected chi connectivity index (χ1v) is 8.43. The standard InChI is InChI=1S/C16H13N3S2/c1-3-11-8-18-19-16(11)14(4-1)17-9-13-7-12(10-21-13)15-5-2-6-20-15/h1-8,10,17H,9H2,(H,18,19). The Labute approximate surface area is 130 Å². The molecule has 2 N–H and O–H groups in total. The van der Waals surface area contributed by atoms with E-state index < -0.39 is 0 Å². The second-order valence-electron chi connectivity index (χ2n) is 4.77. The minimum absolute atomic E-state index is 0.828. The van der Waals surface area contributed by atoms with Crippen LogP contribution < -0.4 is 5.32 Å². The third-order valence-electron chi connectivity index (χ3n) is 3.39. The van der Waals surface area contributed by atoms with Gasteiger partial charge in [0.2, 0.25) is 0 Å². The molecule has 0 aliphatic carbocycles. The predicted molar refractivity (Wildman–Crippen MR) is 91.1 cm³/mol. The summed E-state index contributed by atoms with van der Waals surface area (Å²) >= 11 is 3.57. The molecule has 0 saturated heterocycles. The average molecular weight is 311 g/mol. The second-order valence-corrected chi connectivity index (χ2v) is 6.72. The van der Waals surface area contributed by atoms with E-state index in [0.717, 1.165) is 23.1 Å². The van der Waals surface area contributed by atoms with Crippen molar-refractivity contribution in [3.8, 4) is 10.4 Å². The van der Waals surface area contributed by atoms with Crippen molar-refractivity contribution < 1.29 is 0 Å². The molecule has 0 unspecified atom stereocenters. The third-order valence-corrected chi connectivity index (χ3v) is 5.24. The van der Waals surface area contributed by atoms with Gasteiger partial charge in [0.15, 0.2) is 0 Å². The summed E-state index contributed by atoms with van der Waals surface area (Å²) in [6, 6.07) is 12.7. The van der Waals surface area contributed by atoms with Gasteiger partial charge in [0, 0.05) is 27.2 Å². The van der Waals surface area contributed by atoms with E-state index in [1.54, 1.807) is 22.7 Å². The molecule has 0 radical (unpaired) electrons. The van der Waals surface area contributed by atoms with Crippen molar-refractivity contribution in [2.45, 2.75) is 6.54 Å². The molecule has 0 bridgehead atoms. The number of hydrogen-bond acceptors (Lipinski definition) is 4. The molecule has 5 heteroatoms. The number of anilines is 1. The molecule has 3 nitrogen and oxygen atoms in total. The first-order valence-electron chi connectivity index (χ1n) is 6.67. The number of nitrogens with one attached hydrogen (secondary N) is 2. The van der Waals surface area contributed by atoms with Crippen LogP contribution in [0.2, 0.25) is 0 Å². The number of thiophene rings is 2. The molecular formula is C16H13N3S2. The van der Waals surface area contributed by atoms with Crippen molar-refractivity contribution in [2.24, 2.45) is 0 Å². The molecule has 4 aromatic rings. The number of nitrogens with zero attached hydrogens (tertiary/aromatic N) is 1. The van der Waals surface area contributed by atoms with Gasteiger partial charge >= 0.3 is 0 Å². The van der Waals surface area contributed by atoms with Crippen molar-refractivity contribution in [1.29, 1.82) is 0 Å². The summed E-state index contributed by atoms with van der Waals surface area (Å²) in [5.41, 5.74) is 3.47. The number of para-hydroxylation sites is 1. The molecule has 0 saturated carbocycles. The van der Waals surface area contributed by atoms with Crippen LogP contribution in [0.1, 0.15) is 4.88 Å². The average Bonchev–Trinajstić information content (AvgIpc) is 3.23. The van der Waals surface area contributed by atoms with Crippen molar-refractivity contribution in [2.75, 3.05) is 5.32 Å². The fourth-order valence-electron chi connectivity index (χ4n) is 2.34. The summed E-state index contributed by atoms with van der Waals surface area (Å²) in [5, 5.41) is 16.1. The SMILES string of the molecule is c1csc(-c2csc(CNc3cccc4cn[nH]c34)c2)c1. The van der Waals surface area contributed by atoms with Crippen LogP contribution in [0.3, 0.4) is 0 Å². The Bertz CT molecular complexity index is 859. The van der Waals surface area contributed by atoms with E-state index in [1.807, 2.05) is 12.3 Å². The van der Waals surface area contributed by atoms with Gasteiger partial charge in [-0.15, -0.1) is 22.7 Å². The number of H-pyrrole nitrogens is 1. The van der Waals surface area contributed by atoms with Crippen LogP contribution in [0.25, 0.3) is 21.3 Å². The third kappa shape index (κ3) is 2.46. The van der Waals surface area contributed by atoms with Gasteiger partial charge in [-0.25, -0.2) is 0 Å². The lowest BCUT2D eigenvalue weighted by Crippen LogP contribution is -1.97. The van der Waals surface area contributed by atoms with E-state index in [0.29, 0.717) is 0 Å². The Kier molecular flexibility index (Phi) is 3.21. The second kappa shape index (κ2) is 5.35. The number of fused-ring (bicyclic) bond motifs is 1. The van der Waals surface area contributed by atoms with Crippen molar-refractivity contribution in [1.82, 2.24) is 10.2 Å². The van der Waals surface area contributed by atoms with Gasteiger partial charge in [-0.05, 0) is 29.0 Å². The van der Waals surface area contributed by atoms with Crippen LogP contribution in [0, 0.1) is 0 Å². The van der Waals surface area contributed by atoms with Crippen molar-refractivity contribution in [3.63, 3.8) is 0 Å². The zero-order valence-electron chi connectivity index (χ0n) is 11.2. The van der Waals surface area contributed by atoms with Crippen molar-refractivity contribution in [3.05, 3.63) is 58.2 Å². The van der Waals surface area contributed by atoms with Gasteiger partial charge < -0.3 is 5.32 Å².